The number of rotatable bonds is 6. The van der Waals surface area contributed by atoms with Gasteiger partial charge in [-0.15, -0.1) is 0 Å². The van der Waals surface area contributed by atoms with E-state index in [0.29, 0.717) is 17.4 Å². The standard InChI is InChI=1S/C13H22N4O2/c1-8(2)11(7-17(3)4)16-12-10(13(18)19)5-9(14)6-15-12/h5-6,8,11H,7,14H2,1-4H3,(H,15,16)(H,18,19). The zero-order valence-corrected chi connectivity index (χ0v) is 11.8. The molecule has 0 aliphatic heterocycles. The van der Waals surface area contributed by atoms with Crippen LogP contribution in [0, 0.1) is 5.92 Å². The number of carboxylic acids is 1. The molecule has 6 nitrogen and oxygen atoms in total. The van der Waals surface area contributed by atoms with E-state index in [-0.39, 0.29) is 11.6 Å². The maximum absolute atomic E-state index is 11.2. The lowest BCUT2D eigenvalue weighted by Crippen LogP contribution is -2.37. The van der Waals surface area contributed by atoms with Gasteiger partial charge in [0.05, 0.1) is 11.9 Å². The summed E-state index contributed by atoms with van der Waals surface area (Å²) in [6.45, 7) is 4.96. The van der Waals surface area contributed by atoms with Crippen LogP contribution in [0.15, 0.2) is 12.3 Å². The minimum atomic E-state index is -1.03. The molecule has 0 radical (unpaired) electrons. The summed E-state index contributed by atoms with van der Waals surface area (Å²) < 4.78 is 0. The van der Waals surface area contributed by atoms with E-state index in [1.165, 1.54) is 12.3 Å². The maximum Gasteiger partial charge on any atom is 0.339 e. The van der Waals surface area contributed by atoms with Gasteiger partial charge in [-0.3, -0.25) is 0 Å². The summed E-state index contributed by atoms with van der Waals surface area (Å²) in [6, 6.07) is 1.54. The molecular formula is C13H22N4O2. The van der Waals surface area contributed by atoms with Gasteiger partial charge in [0.15, 0.2) is 0 Å². The first-order chi connectivity index (χ1) is 8.81. The number of pyridine rings is 1. The SMILES string of the molecule is CC(C)C(CN(C)C)Nc1ncc(N)cc1C(=O)O. The summed E-state index contributed by atoms with van der Waals surface area (Å²) in [7, 11) is 3.96. The molecule has 1 atom stereocenters. The highest BCUT2D eigenvalue weighted by Crippen LogP contribution is 2.18. The molecule has 0 saturated carbocycles. The number of nitrogen functional groups attached to an aromatic ring is 1. The fourth-order valence-electron chi connectivity index (χ4n) is 1.75. The molecule has 1 aromatic rings. The normalized spacial score (nSPS) is 12.7. The summed E-state index contributed by atoms with van der Waals surface area (Å²) >= 11 is 0. The van der Waals surface area contributed by atoms with Gasteiger partial charge in [-0.25, -0.2) is 9.78 Å². The number of hydrogen-bond donors (Lipinski definition) is 3. The highest BCUT2D eigenvalue weighted by Gasteiger charge is 2.19. The van der Waals surface area contributed by atoms with Crippen LogP contribution in [0.25, 0.3) is 0 Å². The number of anilines is 2. The van der Waals surface area contributed by atoms with Crippen molar-refractivity contribution in [2.24, 2.45) is 5.92 Å². The van der Waals surface area contributed by atoms with Crippen LogP contribution >= 0.6 is 0 Å². The lowest BCUT2D eigenvalue weighted by molar-refractivity contribution is 0.0697. The molecule has 1 aromatic heterocycles. The molecule has 4 N–H and O–H groups in total. The third kappa shape index (κ3) is 4.40. The van der Waals surface area contributed by atoms with Gasteiger partial charge in [0.25, 0.3) is 0 Å². The molecule has 0 aromatic carbocycles. The van der Waals surface area contributed by atoms with Crippen LogP contribution < -0.4 is 11.1 Å². The molecule has 1 heterocycles. The van der Waals surface area contributed by atoms with E-state index in [2.05, 4.69) is 29.0 Å². The predicted octanol–water partition coefficient (Wildman–Crippen LogP) is 1.36. The molecule has 0 fully saturated rings. The zero-order chi connectivity index (χ0) is 14.6. The quantitative estimate of drug-likeness (QED) is 0.720. The molecule has 0 aliphatic carbocycles. The molecule has 106 valence electrons. The number of carbonyl (C=O) groups is 1. The third-order valence-electron chi connectivity index (χ3n) is 2.83. The van der Waals surface area contributed by atoms with Crippen molar-refractivity contribution in [2.75, 3.05) is 31.7 Å². The minimum Gasteiger partial charge on any atom is -0.478 e. The smallest absolute Gasteiger partial charge is 0.339 e. The molecule has 1 rings (SSSR count). The van der Waals surface area contributed by atoms with Crippen molar-refractivity contribution in [3.63, 3.8) is 0 Å². The molecule has 19 heavy (non-hydrogen) atoms. The van der Waals surface area contributed by atoms with Gasteiger partial charge in [-0.05, 0) is 26.1 Å². The Bertz CT molecular complexity index is 446. The molecule has 0 saturated heterocycles. The first-order valence-corrected chi connectivity index (χ1v) is 6.21. The van der Waals surface area contributed by atoms with Gasteiger partial charge in [-0.1, -0.05) is 13.8 Å². The molecule has 0 aliphatic rings. The van der Waals surface area contributed by atoms with Crippen LogP contribution in [0.5, 0.6) is 0 Å². The lowest BCUT2D eigenvalue weighted by atomic mass is 10.0. The largest absolute Gasteiger partial charge is 0.478 e. The number of nitrogens with zero attached hydrogens (tertiary/aromatic N) is 2. The predicted molar refractivity (Wildman–Crippen MR) is 76.4 cm³/mol. The Labute approximate surface area is 113 Å². The van der Waals surface area contributed by atoms with E-state index in [1.807, 2.05) is 14.1 Å². The molecular weight excluding hydrogens is 244 g/mol. The van der Waals surface area contributed by atoms with Crippen molar-refractivity contribution < 1.29 is 9.90 Å². The van der Waals surface area contributed by atoms with Crippen molar-refractivity contribution in [2.45, 2.75) is 19.9 Å². The number of nitrogens with two attached hydrogens (primary N) is 1. The summed E-state index contributed by atoms with van der Waals surface area (Å²) in [5.74, 6) is -0.319. The van der Waals surface area contributed by atoms with Crippen LogP contribution in [0.1, 0.15) is 24.2 Å². The van der Waals surface area contributed by atoms with Crippen molar-refractivity contribution in [1.82, 2.24) is 9.88 Å². The van der Waals surface area contributed by atoms with Gasteiger partial charge in [0.2, 0.25) is 0 Å². The Morgan fingerprint density at radius 1 is 1.53 bits per heavy atom. The number of hydrogen-bond acceptors (Lipinski definition) is 5. The van der Waals surface area contributed by atoms with E-state index < -0.39 is 5.97 Å². The number of aromatic carboxylic acids is 1. The van der Waals surface area contributed by atoms with Crippen LogP contribution in [0.4, 0.5) is 11.5 Å². The monoisotopic (exact) mass is 266 g/mol. The Balaban J connectivity index is 2.99. The lowest BCUT2D eigenvalue weighted by Gasteiger charge is -2.26. The van der Waals surface area contributed by atoms with Crippen LogP contribution in [0.2, 0.25) is 0 Å². The van der Waals surface area contributed by atoms with E-state index in [9.17, 15) is 9.90 Å². The third-order valence-corrected chi connectivity index (χ3v) is 2.83. The second-order valence-corrected chi connectivity index (χ2v) is 5.23. The zero-order valence-electron chi connectivity index (χ0n) is 11.8. The van der Waals surface area contributed by atoms with Crippen molar-refractivity contribution in [3.8, 4) is 0 Å². The van der Waals surface area contributed by atoms with Gasteiger partial charge in [0, 0.05) is 12.6 Å². The number of nitrogens with one attached hydrogen (secondary N) is 1. The van der Waals surface area contributed by atoms with Crippen molar-refractivity contribution >= 4 is 17.5 Å². The summed E-state index contributed by atoms with van der Waals surface area (Å²) in [5, 5.41) is 12.4. The molecule has 0 spiro atoms. The van der Waals surface area contributed by atoms with Crippen molar-refractivity contribution in [3.05, 3.63) is 17.8 Å². The first-order valence-electron chi connectivity index (χ1n) is 6.21. The van der Waals surface area contributed by atoms with E-state index in [4.69, 9.17) is 5.73 Å². The van der Waals surface area contributed by atoms with Gasteiger partial charge < -0.3 is 21.1 Å². The van der Waals surface area contributed by atoms with Gasteiger partial charge in [-0.2, -0.15) is 0 Å². The maximum atomic E-state index is 11.2. The number of likely N-dealkylation sites (N-methyl/N-ethyl adjacent to an activating group) is 1. The topological polar surface area (TPSA) is 91.5 Å². The Kier molecular flexibility index (Phi) is 5.11. The highest BCUT2D eigenvalue weighted by atomic mass is 16.4. The molecule has 1 unspecified atom stereocenters. The Morgan fingerprint density at radius 3 is 2.63 bits per heavy atom. The van der Waals surface area contributed by atoms with Gasteiger partial charge in [0.1, 0.15) is 11.4 Å². The average molecular weight is 266 g/mol. The fourth-order valence-corrected chi connectivity index (χ4v) is 1.75. The molecule has 0 bridgehead atoms. The van der Waals surface area contributed by atoms with Crippen LogP contribution in [-0.4, -0.2) is 47.6 Å². The minimum absolute atomic E-state index is 0.101. The summed E-state index contributed by atoms with van der Waals surface area (Å²) in [5.41, 5.74) is 6.02. The van der Waals surface area contributed by atoms with E-state index >= 15 is 0 Å². The summed E-state index contributed by atoms with van der Waals surface area (Å²) in [4.78, 5) is 17.3. The average Bonchev–Trinajstić information content (AvgIpc) is 2.29. The Hall–Kier alpha value is -1.82. The highest BCUT2D eigenvalue weighted by molar-refractivity contribution is 5.94. The number of carboxylic acid groups (broad SMARTS) is 1. The second-order valence-electron chi connectivity index (χ2n) is 5.23. The van der Waals surface area contributed by atoms with E-state index in [0.717, 1.165) is 6.54 Å². The van der Waals surface area contributed by atoms with E-state index in [1.54, 1.807) is 0 Å². The fraction of sp³-hybridized carbons (Fsp3) is 0.538. The molecule has 0 amide bonds. The van der Waals surface area contributed by atoms with Crippen molar-refractivity contribution in [1.29, 1.82) is 0 Å². The van der Waals surface area contributed by atoms with Gasteiger partial charge >= 0.3 is 5.97 Å². The summed E-state index contributed by atoms with van der Waals surface area (Å²) in [6.07, 6.45) is 1.46. The van der Waals surface area contributed by atoms with Crippen LogP contribution in [0.3, 0.4) is 0 Å². The molecule has 6 heteroatoms. The number of aromatic nitrogens is 1. The first kappa shape index (κ1) is 15.2. The Morgan fingerprint density at radius 2 is 2.16 bits per heavy atom. The van der Waals surface area contributed by atoms with Crippen LogP contribution in [-0.2, 0) is 0 Å². The second kappa shape index (κ2) is 6.38.